The standard InChI is InChI=1S/C9H15NS.ClH/c1-9(2,3)8(10)7-4-5-11-6-7;/h4-6,8H,10H2,1-3H3;1H/t8-;/m1./s1. The van der Waals surface area contributed by atoms with E-state index >= 15 is 0 Å². The van der Waals surface area contributed by atoms with Crippen LogP contribution < -0.4 is 5.73 Å². The van der Waals surface area contributed by atoms with Crippen LogP contribution in [0.2, 0.25) is 0 Å². The summed E-state index contributed by atoms with van der Waals surface area (Å²) in [6, 6.07) is 2.26. The Morgan fingerprint density at radius 3 is 2.33 bits per heavy atom. The van der Waals surface area contributed by atoms with Gasteiger partial charge in [0.1, 0.15) is 0 Å². The van der Waals surface area contributed by atoms with Crippen LogP contribution in [-0.4, -0.2) is 0 Å². The van der Waals surface area contributed by atoms with Gasteiger partial charge in [-0.1, -0.05) is 20.8 Å². The molecule has 70 valence electrons. The van der Waals surface area contributed by atoms with E-state index in [-0.39, 0.29) is 23.9 Å². The molecule has 0 saturated heterocycles. The molecule has 0 unspecified atom stereocenters. The Morgan fingerprint density at radius 1 is 1.42 bits per heavy atom. The molecule has 0 radical (unpaired) electrons. The molecule has 0 aromatic carbocycles. The second-order valence-corrected chi connectivity index (χ2v) is 4.68. The van der Waals surface area contributed by atoms with E-state index in [4.69, 9.17) is 5.73 Å². The van der Waals surface area contributed by atoms with Gasteiger partial charge in [0.15, 0.2) is 0 Å². The van der Waals surface area contributed by atoms with Gasteiger partial charge in [0.05, 0.1) is 0 Å². The van der Waals surface area contributed by atoms with E-state index in [9.17, 15) is 0 Å². The second kappa shape index (κ2) is 4.26. The largest absolute Gasteiger partial charge is 0.323 e. The normalized spacial score (nSPS) is 13.7. The molecule has 12 heavy (non-hydrogen) atoms. The minimum absolute atomic E-state index is 0. The Balaban J connectivity index is 0.00000121. The molecule has 1 nitrogen and oxygen atoms in total. The van der Waals surface area contributed by atoms with E-state index in [1.165, 1.54) is 5.56 Å². The zero-order valence-electron chi connectivity index (χ0n) is 7.70. The Hall–Kier alpha value is -0.0500. The molecule has 1 atom stereocenters. The summed E-state index contributed by atoms with van der Waals surface area (Å²) in [6.07, 6.45) is 0. The number of nitrogens with two attached hydrogens (primary N) is 1. The first kappa shape index (κ1) is 11.9. The van der Waals surface area contributed by atoms with Crippen molar-refractivity contribution in [3.63, 3.8) is 0 Å². The zero-order valence-corrected chi connectivity index (χ0v) is 9.34. The van der Waals surface area contributed by atoms with Gasteiger partial charge in [0.25, 0.3) is 0 Å². The average Bonchev–Trinajstić information content (AvgIpc) is 2.34. The molecule has 0 amide bonds. The van der Waals surface area contributed by atoms with E-state index in [0.717, 1.165) is 0 Å². The summed E-state index contributed by atoms with van der Waals surface area (Å²) in [4.78, 5) is 0. The number of rotatable bonds is 1. The first-order valence-corrected chi connectivity index (χ1v) is 4.74. The Morgan fingerprint density at radius 2 is 2.00 bits per heavy atom. The third-order valence-corrected chi connectivity index (χ3v) is 2.54. The highest BCUT2D eigenvalue weighted by Crippen LogP contribution is 2.31. The van der Waals surface area contributed by atoms with E-state index in [1.807, 2.05) is 0 Å². The lowest BCUT2D eigenvalue weighted by Gasteiger charge is -2.26. The van der Waals surface area contributed by atoms with Gasteiger partial charge in [-0.05, 0) is 27.8 Å². The number of halogens is 1. The minimum atomic E-state index is 0. The second-order valence-electron chi connectivity index (χ2n) is 3.90. The van der Waals surface area contributed by atoms with E-state index < -0.39 is 0 Å². The first-order valence-electron chi connectivity index (χ1n) is 3.79. The van der Waals surface area contributed by atoms with Gasteiger partial charge < -0.3 is 5.73 Å². The molecule has 0 fully saturated rings. The fourth-order valence-electron chi connectivity index (χ4n) is 0.952. The molecule has 0 aliphatic rings. The summed E-state index contributed by atoms with van der Waals surface area (Å²) in [5.74, 6) is 0. The summed E-state index contributed by atoms with van der Waals surface area (Å²) in [5.41, 5.74) is 7.44. The molecule has 1 rings (SSSR count). The average molecular weight is 206 g/mol. The van der Waals surface area contributed by atoms with Crippen LogP contribution in [0.25, 0.3) is 0 Å². The van der Waals surface area contributed by atoms with Gasteiger partial charge in [-0.2, -0.15) is 11.3 Å². The van der Waals surface area contributed by atoms with Crippen molar-refractivity contribution in [3.8, 4) is 0 Å². The summed E-state index contributed by atoms with van der Waals surface area (Å²) >= 11 is 1.70. The van der Waals surface area contributed by atoms with Crippen LogP contribution in [0.4, 0.5) is 0 Å². The van der Waals surface area contributed by atoms with E-state index in [0.29, 0.717) is 0 Å². The molecule has 0 aliphatic heterocycles. The Bertz CT molecular complexity index is 213. The highest BCUT2D eigenvalue weighted by atomic mass is 35.5. The molecular formula is C9H16ClNS. The maximum Gasteiger partial charge on any atom is 0.0352 e. The van der Waals surface area contributed by atoms with Crippen LogP contribution in [-0.2, 0) is 0 Å². The summed E-state index contributed by atoms with van der Waals surface area (Å²) in [5, 5.41) is 4.19. The minimum Gasteiger partial charge on any atom is -0.323 e. The van der Waals surface area contributed by atoms with Crippen LogP contribution >= 0.6 is 23.7 Å². The first-order chi connectivity index (χ1) is 5.02. The Kier molecular flexibility index (Phi) is 4.24. The van der Waals surface area contributed by atoms with Gasteiger partial charge in [-0.25, -0.2) is 0 Å². The van der Waals surface area contributed by atoms with Crippen LogP contribution in [0.3, 0.4) is 0 Å². The highest BCUT2D eigenvalue weighted by molar-refractivity contribution is 7.07. The van der Waals surface area contributed by atoms with Gasteiger partial charge in [-0.15, -0.1) is 12.4 Å². The predicted molar refractivity (Wildman–Crippen MR) is 58.0 cm³/mol. The van der Waals surface area contributed by atoms with Crippen molar-refractivity contribution in [1.82, 2.24) is 0 Å². The fourth-order valence-corrected chi connectivity index (χ4v) is 1.65. The van der Waals surface area contributed by atoms with Crippen molar-refractivity contribution in [3.05, 3.63) is 22.4 Å². The molecule has 0 spiro atoms. The van der Waals surface area contributed by atoms with Crippen LogP contribution in [0.5, 0.6) is 0 Å². The van der Waals surface area contributed by atoms with Crippen molar-refractivity contribution in [2.75, 3.05) is 0 Å². The lowest BCUT2D eigenvalue weighted by molar-refractivity contribution is 0.327. The van der Waals surface area contributed by atoms with Crippen LogP contribution in [0.15, 0.2) is 16.8 Å². The third-order valence-electron chi connectivity index (χ3n) is 1.84. The summed E-state index contributed by atoms with van der Waals surface area (Å²) in [6.45, 7) is 6.49. The van der Waals surface area contributed by atoms with Crippen molar-refractivity contribution in [2.45, 2.75) is 26.8 Å². The monoisotopic (exact) mass is 205 g/mol. The smallest absolute Gasteiger partial charge is 0.0352 e. The van der Waals surface area contributed by atoms with Gasteiger partial charge in [0, 0.05) is 6.04 Å². The van der Waals surface area contributed by atoms with Crippen molar-refractivity contribution in [2.24, 2.45) is 11.1 Å². The maximum atomic E-state index is 6.02. The maximum absolute atomic E-state index is 6.02. The molecule has 0 aliphatic carbocycles. The predicted octanol–water partition coefficient (Wildman–Crippen LogP) is 3.22. The van der Waals surface area contributed by atoms with E-state index in [1.54, 1.807) is 11.3 Å². The van der Waals surface area contributed by atoms with Crippen LogP contribution in [0.1, 0.15) is 32.4 Å². The fraction of sp³-hybridized carbons (Fsp3) is 0.556. The number of hydrogen-bond acceptors (Lipinski definition) is 2. The number of thiophene rings is 1. The van der Waals surface area contributed by atoms with Crippen molar-refractivity contribution < 1.29 is 0 Å². The molecule has 1 aromatic heterocycles. The molecule has 0 saturated carbocycles. The summed E-state index contributed by atoms with van der Waals surface area (Å²) in [7, 11) is 0. The number of hydrogen-bond donors (Lipinski definition) is 1. The lowest BCUT2D eigenvalue weighted by atomic mass is 9.84. The Labute approximate surface area is 84.4 Å². The van der Waals surface area contributed by atoms with Crippen molar-refractivity contribution >= 4 is 23.7 Å². The molecule has 2 N–H and O–H groups in total. The van der Waals surface area contributed by atoms with Crippen LogP contribution in [0, 0.1) is 5.41 Å². The third kappa shape index (κ3) is 2.77. The molecule has 3 heteroatoms. The topological polar surface area (TPSA) is 26.0 Å². The lowest BCUT2D eigenvalue weighted by Crippen LogP contribution is -2.25. The van der Waals surface area contributed by atoms with Gasteiger partial charge in [-0.3, -0.25) is 0 Å². The highest BCUT2D eigenvalue weighted by Gasteiger charge is 2.21. The molecule has 1 heterocycles. The van der Waals surface area contributed by atoms with Crippen molar-refractivity contribution in [1.29, 1.82) is 0 Å². The summed E-state index contributed by atoms with van der Waals surface area (Å²) < 4.78 is 0. The van der Waals surface area contributed by atoms with Gasteiger partial charge in [0.2, 0.25) is 0 Å². The zero-order chi connectivity index (χ0) is 8.48. The molecule has 1 aromatic rings. The molecule has 0 bridgehead atoms. The van der Waals surface area contributed by atoms with Gasteiger partial charge >= 0.3 is 0 Å². The SMILES string of the molecule is CC(C)(C)[C@H](N)c1ccsc1.Cl. The molecular weight excluding hydrogens is 190 g/mol. The van der Waals surface area contributed by atoms with E-state index in [2.05, 4.69) is 37.6 Å². The quantitative estimate of drug-likeness (QED) is 0.749.